The Hall–Kier alpha value is -3.19. The van der Waals surface area contributed by atoms with Gasteiger partial charge in [0.1, 0.15) is 18.8 Å². The van der Waals surface area contributed by atoms with Crippen LogP contribution in [0.5, 0.6) is 0 Å². The van der Waals surface area contributed by atoms with Crippen LogP contribution in [0.15, 0.2) is 47.0 Å². The van der Waals surface area contributed by atoms with Crippen molar-refractivity contribution in [3.05, 3.63) is 59.4 Å². The lowest BCUT2D eigenvalue weighted by Crippen LogP contribution is -2.31. The van der Waals surface area contributed by atoms with E-state index in [-0.39, 0.29) is 0 Å². The van der Waals surface area contributed by atoms with E-state index in [0.29, 0.717) is 17.3 Å². The number of fused-ring (bicyclic) bond motifs is 3. The second-order valence-electron chi connectivity index (χ2n) is 7.01. The van der Waals surface area contributed by atoms with Gasteiger partial charge in [-0.25, -0.2) is 9.55 Å². The molecule has 0 unspecified atom stereocenters. The molecule has 4 aromatic rings. The van der Waals surface area contributed by atoms with Gasteiger partial charge in [0.2, 0.25) is 11.4 Å². The summed E-state index contributed by atoms with van der Waals surface area (Å²) >= 11 is 0. The van der Waals surface area contributed by atoms with Gasteiger partial charge in [-0.1, -0.05) is 26.0 Å². The fraction of sp³-hybridized carbons (Fsp3) is 0.227. The first kappa shape index (κ1) is 16.3. The van der Waals surface area contributed by atoms with Gasteiger partial charge < -0.3 is 4.42 Å². The molecule has 0 aliphatic heterocycles. The molecule has 0 saturated carbocycles. The third kappa shape index (κ3) is 2.44. The van der Waals surface area contributed by atoms with Gasteiger partial charge in [-0.15, -0.1) is 0 Å². The smallest absolute Gasteiger partial charge is 0.228 e. The second-order valence-corrected chi connectivity index (χ2v) is 7.01. The summed E-state index contributed by atoms with van der Waals surface area (Å²) in [7, 11) is 2.05. The number of furan rings is 1. The van der Waals surface area contributed by atoms with E-state index in [1.807, 2.05) is 13.1 Å². The molecular formula is C22H20N3O+. The molecule has 3 aromatic heterocycles. The number of nitrogens with zero attached hydrogens (tertiary/aromatic N) is 3. The summed E-state index contributed by atoms with van der Waals surface area (Å²) in [5.41, 5.74) is 6.31. The van der Waals surface area contributed by atoms with E-state index in [0.717, 1.165) is 33.2 Å². The van der Waals surface area contributed by atoms with E-state index in [1.54, 1.807) is 6.07 Å². The Labute approximate surface area is 152 Å². The Balaban J connectivity index is 2.08. The number of hydrogen-bond acceptors (Lipinski definition) is 3. The highest BCUT2D eigenvalue weighted by Crippen LogP contribution is 2.36. The highest BCUT2D eigenvalue weighted by molar-refractivity contribution is 6.08. The van der Waals surface area contributed by atoms with E-state index in [2.05, 4.69) is 66.9 Å². The van der Waals surface area contributed by atoms with Gasteiger partial charge in [0.15, 0.2) is 11.8 Å². The molecule has 4 heteroatoms. The number of nitriles is 1. The second kappa shape index (κ2) is 5.96. The number of benzene rings is 1. The minimum absolute atomic E-state index is 0.363. The minimum atomic E-state index is 0.363. The molecule has 0 amide bonds. The number of rotatable bonds is 2. The first-order valence-electron chi connectivity index (χ1n) is 8.72. The molecule has 0 spiro atoms. The Morgan fingerprint density at radius 3 is 2.62 bits per heavy atom. The van der Waals surface area contributed by atoms with Crippen molar-refractivity contribution in [2.45, 2.75) is 26.7 Å². The normalized spacial score (nSPS) is 11.4. The van der Waals surface area contributed by atoms with E-state index < -0.39 is 0 Å². The largest absolute Gasteiger partial charge is 0.437 e. The standard InChI is InChI=1S/C22H20N3O/c1-13(2)15-9-10-25(4)19(11-15)20-14(3)5-7-17-18-8-6-16(12-23)24-22(18)26-21(17)20/h5-11,13H,1-4H3/q+1. The summed E-state index contributed by atoms with van der Waals surface area (Å²) in [6.07, 6.45) is 2.09. The molecule has 0 N–H and O–H groups in total. The summed E-state index contributed by atoms with van der Waals surface area (Å²) < 4.78 is 8.26. The Morgan fingerprint density at radius 1 is 1.12 bits per heavy atom. The number of aryl methyl sites for hydroxylation is 2. The van der Waals surface area contributed by atoms with Crippen LogP contribution in [0.1, 0.15) is 36.6 Å². The molecule has 4 rings (SSSR count). The molecule has 1 aromatic carbocycles. The van der Waals surface area contributed by atoms with Crippen molar-refractivity contribution in [3.63, 3.8) is 0 Å². The molecule has 0 atom stereocenters. The lowest BCUT2D eigenvalue weighted by Gasteiger charge is -2.09. The van der Waals surface area contributed by atoms with Crippen molar-refractivity contribution in [1.82, 2.24) is 4.98 Å². The average molecular weight is 342 g/mol. The highest BCUT2D eigenvalue weighted by atomic mass is 16.3. The lowest BCUT2D eigenvalue weighted by atomic mass is 9.97. The van der Waals surface area contributed by atoms with E-state index in [4.69, 9.17) is 9.68 Å². The summed E-state index contributed by atoms with van der Waals surface area (Å²) in [4.78, 5) is 4.33. The van der Waals surface area contributed by atoms with Crippen LogP contribution < -0.4 is 4.57 Å². The Kier molecular flexibility index (Phi) is 3.73. The van der Waals surface area contributed by atoms with Gasteiger partial charge in [-0.05, 0) is 36.1 Å². The molecule has 0 bridgehead atoms. The number of pyridine rings is 2. The fourth-order valence-corrected chi connectivity index (χ4v) is 3.39. The quantitative estimate of drug-likeness (QED) is 0.493. The predicted molar refractivity (Wildman–Crippen MR) is 102 cm³/mol. The molecular weight excluding hydrogens is 322 g/mol. The van der Waals surface area contributed by atoms with Crippen LogP contribution in [-0.4, -0.2) is 4.98 Å². The van der Waals surface area contributed by atoms with Crippen LogP contribution in [0.4, 0.5) is 0 Å². The number of aromatic nitrogens is 2. The first-order valence-corrected chi connectivity index (χ1v) is 8.72. The zero-order chi connectivity index (χ0) is 18.4. The lowest BCUT2D eigenvalue weighted by molar-refractivity contribution is -0.660. The molecule has 0 aliphatic rings. The molecule has 3 heterocycles. The highest BCUT2D eigenvalue weighted by Gasteiger charge is 2.22. The monoisotopic (exact) mass is 342 g/mol. The predicted octanol–water partition coefficient (Wildman–Crippen LogP) is 4.78. The Bertz CT molecular complexity index is 1200. The van der Waals surface area contributed by atoms with Crippen LogP contribution in [-0.2, 0) is 7.05 Å². The van der Waals surface area contributed by atoms with Crippen LogP contribution >= 0.6 is 0 Å². The van der Waals surface area contributed by atoms with Crippen LogP contribution in [0, 0.1) is 18.3 Å². The van der Waals surface area contributed by atoms with Gasteiger partial charge >= 0.3 is 0 Å². The van der Waals surface area contributed by atoms with E-state index in [1.165, 1.54) is 5.56 Å². The molecule has 0 aliphatic carbocycles. The maximum Gasteiger partial charge on any atom is 0.228 e. The third-order valence-electron chi connectivity index (χ3n) is 4.93. The van der Waals surface area contributed by atoms with E-state index >= 15 is 0 Å². The van der Waals surface area contributed by atoms with Crippen molar-refractivity contribution in [2.24, 2.45) is 7.05 Å². The van der Waals surface area contributed by atoms with Gasteiger partial charge in [0.25, 0.3) is 0 Å². The molecule has 26 heavy (non-hydrogen) atoms. The van der Waals surface area contributed by atoms with Crippen LogP contribution in [0.2, 0.25) is 0 Å². The summed E-state index contributed by atoms with van der Waals surface area (Å²) in [5, 5.41) is 11.1. The zero-order valence-electron chi connectivity index (χ0n) is 15.4. The molecule has 0 radical (unpaired) electrons. The SMILES string of the molecule is Cc1ccc2c(oc3nc(C#N)ccc32)c1-c1cc(C(C)C)cc[n+]1C. The maximum atomic E-state index is 9.11. The van der Waals surface area contributed by atoms with Gasteiger partial charge in [-0.3, -0.25) is 0 Å². The molecule has 4 nitrogen and oxygen atoms in total. The summed E-state index contributed by atoms with van der Waals surface area (Å²) in [5.74, 6) is 0.449. The van der Waals surface area contributed by atoms with E-state index in [9.17, 15) is 0 Å². The molecule has 0 saturated heterocycles. The fourth-order valence-electron chi connectivity index (χ4n) is 3.39. The minimum Gasteiger partial charge on any atom is -0.437 e. The summed E-state index contributed by atoms with van der Waals surface area (Å²) in [6, 6.07) is 14.3. The van der Waals surface area contributed by atoms with Gasteiger partial charge in [-0.2, -0.15) is 5.26 Å². The van der Waals surface area contributed by atoms with Crippen molar-refractivity contribution in [2.75, 3.05) is 0 Å². The van der Waals surface area contributed by atoms with Crippen molar-refractivity contribution < 1.29 is 8.98 Å². The van der Waals surface area contributed by atoms with Crippen molar-refractivity contribution >= 4 is 22.1 Å². The first-order chi connectivity index (χ1) is 12.5. The molecule has 0 fully saturated rings. The third-order valence-corrected chi connectivity index (χ3v) is 4.93. The topological polar surface area (TPSA) is 53.7 Å². The van der Waals surface area contributed by atoms with Gasteiger partial charge in [0, 0.05) is 22.9 Å². The summed E-state index contributed by atoms with van der Waals surface area (Å²) in [6.45, 7) is 6.49. The van der Waals surface area contributed by atoms with Crippen LogP contribution in [0.25, 0.3) is 33.3 Å². The average Bonchev–Trinajstić information content (AvgIpc) is 2.99. The van der Waals surface area contributed by atoms with Crippen molar-refractivity contribution in [1.29, 1.82) is 5.26 Å². The number of hydrogen-bond donors (Lipinski definition) is 0. The van der Waals surface area contributed by atoms with Gasteiger partial charge in [0.05, 0.1) is 5.56 Å². The maximum absolute atomic E-state index is 9.11. The van der Waals surface area contributed by atoms with Crippen molar-refractivity contribution in [3.8, 4) is 17.3 Å². The Morgan fingerprint density at radius 2 is 1.88 bits per heavy atom. The molecule has 128 valence electrons. The van der Waals surface area contributed by atoms with Crippen LogP contribution in [0.3, 0.4) is 0 Å². The zero-order valence-corrected chi connectivity index (χ0v) is 15.4.